The summed E-state index contributed by atoms with van der Waals surface area (Å²) in [6.07, 6.45) is 0. The van der Waals surface area contributed by atoms with Gasteiger partial charge in [0, 0.05) is 16.2 Å². The zero-order valence-corrected chi connectivity index (χ0v) is 12.1. The summed E-state index contributed by atoms with van der Waals surface area (Å²) in [5.74, 6) is 0.876. The minimum atomic E-state index is 0.0820. The van der Waals surface area contributed by atoms with E-state index in [0.29, 0.717) is 0 Å². The molecule has 2 N–H and O–H groups in total. The van der Waals surface area contributed by atoms with Crippen molar-refractivity contribution in [2.45, 2.75) is 23.1 Å². The van der Waals surface area contributed by atoms with Crippen LogP contribution in [-0.4, -0.2) is 13.2 Å². The minimum absolute atomic E-state index is 0.0820. The first-order valence-electron chi connectivity index (χ1n) is 6.32. The zero-order valence-electron chi connectivity index (χ0n) is 11.2. The molecule has 0 amide bonds. The van der Waals surface area contributed by atoms with Crippen molar-refractivity contribution in [1.29, 1.82) is 0 Å². The maximum Gasteiger partial charge on any atom is 0.119 e. The summed E-state index contributed by atoms with van der Waals surface area (Å²) >= 11 is 1.77. The summed E-state index contributed by atoms with van der Waals surface area (Å²) in [6, 6.07) is 18.6. The highest BCUT2D eigenvalue weighted by atomic mass is 32.2. The van der Waals surface area contributed by atoms with E-state index in [2.05, 4.69) is 30.3 Å². The quantitative estimate of drug-likeness (QED) is 0.840. The Morgan fingerprint density at radius 1 is 1.05 bits per heavy atom. The van der Waals surface area contributed by atoms with Gasteiger partial charge in [0.2, 0.25) is 0 Å². The van der Waals surface area contributed by atoms with Gasteiger partial charge in [-0.15, -0.1) is 11.8 Å². The van der Waals surface area contributed by atoms with E-state index in [-0.39, 0.29) is 11.3 Å². The maximum atomic E-state index is 6.13. The summed E-state index contributed by atoms with van der Waals surface area (Å²) in [5.41, 5.74) is 7.39. The number of ether oxygens (including phenoxy) is 1. The van der Waals surface area contributed by atoms with Crippen LogP contribution in [0, 0.1) is 0 Å². The Hall–Kier alpha value is -1.45. The monoisotopic (exact) mass is 273 g/mol. The summed E-state index contributed by atoms with van der Waals surface area (Å²) < 4.78 is 5.26. The molecule has 2 atom stereocenters. The number of nitrogens with two attached hydrogens (primary N) is 1. The fourth-order valence-electron chi connectivity index (χ4n) is 1.94. The van der Waals surface area contributed by atoms with Gasteiger partial charge in [0.15, 0.2) is 0 Å². The Bertz CT molecular complexity index is 513. The summed E-state index contributed by atoms with van der Waals surface area (Å²) in [4.78, 5) is 1.17. The van der Waals surface area contributed by atoms with Gasteiger partial charge >= 0.3 is 0 Å². The molecule has 100 valence electrons. The number of thioether (sulfide) groups is 1. The van der Waals surface area contributed by atoms with E-state index >= 15 is 0 Å². The lowest BCUT2D eigenvalue weighted by Gasteiger charge is -2.21. The Morgan fingerprint density at radius 3 is 2.42 bits per heavy atom. The second kappa shape index (κ2) is 6.64. The minimum Gasteiger partial charge on any atom is -0.497 e. The molecule has 2 rings (SSSR count). The molecule has 0 radical (unpaired) electrons. The van der Waals surface area contributed by atoms with Gasteiger partial charge in [-0.3, -0.25) is 0 Å². The molecule has 0 aliphatic carbocycles. The summed E-state index contributed by atoms with van der Waals surface area (Å²) in [6.45, 7) is 2.05. The normalized spacial score (nSPS) is 13.8. The van der Waals surface area contributed by atoms with Crippen molar-refractivity contribution in [3.05, 3.63) is 60.2 Å². The average molecular weight is 273 g/mol. The van der Waals surface area contributed by atoms with E-state index in [9.17, 15) is 0 Å². The van der Waals surface area contributed by atoms with Crippen LogP contribution in [0.2, 0.25) is 0 Å². The molecule has 2 unspecified atom stereocenters. The molecule has 2 aromatic carbocycles. The third kappa shape index (κ3) is 3.75. The van der Waals surface area contributed by atoms with Gasteiger partial charge in [-0.1, -0.05) is 36.4 Å². The van der Waals surface area contributed by atoms with Gasteiger partial charge in [-0.2, -0.15) is 0 Å². The molecule has 0 bridgehead atoms. The molecule has 0 saturated heterocycles. The maximum absolute atomic E-state index is 6.13. The van der Waals surface area contributed by atoms with Gasteiger partial charge in [-0.25, -0.2) is 0 Å². The van der Waals surface area contributed by atoms with Crippen LogP contribution in [0.3, 0.4) is 0 Å². The lowest BCUT2D eigenvalue weighted by Crippen LogP contribution is -2.22. The largest absolute Gasteiger partial charge is 0.497 e. The molecule has 0 aromatic heterocycles. The smallest absolute Gasteiger partial charge is 0.119 e. The molecule has 0 fully saturated rings. The van der Waals surface area contributed by atoms with Crippen molar-refractivity contribution in [1.82, 2.24) is 0 Å². The van der Waals surface area contributed by atoms with E-state index in [4.69, 9.17) is 10.5 Å². The molecule has 2 aromatic rings. The predicted octanol–water partition coefficient (Wildman–Crippen LogP) is 3.88. The first-order valence-corrected chi connectivity index (χ1v) is 7.20. The zero-order chi connectivity index (χ0) is 13.7. The van der Waals surface area contributed by atoms with Crippen molar-refractivity contribution >= 4 is 11.8 Å². The number of hydrogen-bond donors (Lipinski definition) is 1. The second-order valence-electron chi connectivity index (χ2n) is 4.49. The van der Waals surface area contributed by atoms with Crippen LogP contribution in [-0.2, 0) is 0 Å². The fourth-order valence-corrected chi connectivity index (χ4v) is 3.09. The third-order valence-electron chi connectivity index (χ3n) is 2.91. The summed E-state index contributed by atoms with van der Waals surface area (Å²) in [7, 11) is 1.68. The van der Waals surface area contributed by atoms with Crippen LogP contribution in [0.25, 0.3) is 0 Å². The highest BCUT2D eigenvalue weighted by Crippen LogP contribution is 2.38. The van der Waals surface area contributed by atoms with Crippen LogP contribution >= 0.6 is 11.8 Å². The van der Waals surface area contributed by atoms with Crippen molar-refractivity contribution in [2.24, 2.45) is 5.73 Å². The van der Waals surface area contributed by atoms with Crippen molar-refractivity contribution in [3.8, 4) is 5.75 Å². The summed E-state index contributed by atoms with van der Waals surface area (Å²) in [5, 5.41) is 0.244. The molecule has 2 nitrogen and oxygen atoms in total. The molecule has 0 aliphatic heterocycles. The van der Waals surface area contributed by atoms with Crippen LogP contribution in [0.5, 0.6) is 5.75 Å². The Balaban J connectivity index is 2.21. The van der Waals surface area contributed by atoms with Crippen molar-refractivity contribution in [3.63, 3.8) is 0 Å². The highest BCUT2D eigenvalue weighted by Gasteiger charge is 2.17. The van der Waals surface area contributed by atoms with E-state index < -0.39 is 0 Å². The lowest BCUT2D eigenvalue weighted by atomic mass is 10.1. The van der Waals surface area contributed by atoms with Gasteiger partial charge in [0.05, 0.1) is 7.11 Å². The van der Waals surface area contributed by atoms with Crippen LogP contribution in [0.1, 0.15) is 17.7 Å². The van der Waals surface area contributed by atoms with Crippen molar-refractivity contribution < 1.29 is 4.74 Å². The SMILES string of the molecule is COc1cccc(SC(c2ccccc2)C(C)N)c1. The number of hydrogen-bond acceptors (Lipinski definition) is 3. The standard InChI is InChI=1S/C16H19NOS/c1-12(17)16(13-7-4-3-5-8-13)19-15-10-6-9-14(11-15)18-2/h3-12,16H,17H2,1-2H3. The molecule has 0 saturated carbocycles. The van der Waals surface area contributed by atoms with Gasteiger partial charge in [0.1, 0.15) is 5.75 Å². The molecular weight excluding hydrogens is 254 g/mol. The lowest BCUT2D eigenvalue weighted by molar-refractivity contribution is 0.413. The molecule has 0 heterocycles. The van der Waals surface area contributed by atoms with Crippen LogP contribution in [0.15, 0.2) is 59.5 Å². The van der Waals surface area contributed by atoms with E-state index in [1.807, 2.05) is 31.2 Å². The first-order chi connectivity index (χ1) is 9.20. The van der Waals surface area contributed by atoms with E-state index in [1.165, 1.54) is 10.5 Å². The van der Waals surface area contributed by atoms with Gasteiger partial charge in [-0.05, 0) is 30.7 Å². The Kier molecular flexibility index (Phi) is 4.88. The Labute approximate surface area is 119 Å². The van der Waals surface area contributed by atoms with Gasteiger partial charge in [0.25, 0.3) is 0 Å². The van der Waals surface area contributed by atoms with Crippen LogP contribution < -0.4 is 10.5 Å². The molecule has 0 spiro atoms. The molecular formula is C16H19NOS. The topological polar surface area (TPSA) is 35.2 Å². The highest BCUT2D eigenvalue weighted by molar-refractivity contribution is 7.99. The first kappa shape index (κ1) is 14.0. The number of methoxy groups -OCH3 is 1. The molecule has 3 heteroatoms. The molecule has 0 aliphatic rings. The van der Waals surface area contributed by atoms with Gasteiger partial charge < -0.3 is 10.5 Å². The molecule has 19 heavy (non-hydrogen) atoms. The fraction of sp³-hybridized carbons (Fsp3) is 0.250. The third-order valence-corrected chi connectivity index (χ3v) is 4.39. The number of rotatable bonds is 5. The van der Waals surface area contributed by atoms with Crippen molar-refractivity contribution in [2.75, 3.05) is 7.11 Å². The second-order valence-corrected chi connectivity index (χ2v) is 5.70. The van der Waals surface area contributed by atoms with Crippen LogP contribution in [0.4, 0.5) is 0 Å². The Morgan fingerprint density at radius 2 is 1.79 bits per heavy atom. The van der Waals surface area contributed by atoms with E-state index in [1.54, 1.807) is 18.9 Å². The van der Waals surface area contributed by atoms with E-state index in [0.717, 1.165) is 5.75 Å². The predicted molar refractivity (Wildman–Crippen MR) is 81.7 cm³/mol. The average Bonchev–Trinajstić information content (AvgIpc) is 2.45. The number of benzene rings is 2.